The Morgan fingerprint density at radius 2 is 0.917 bits per heavy atom. The van der Waals surface area contributed by atoms with Gasteiger partial charge in [0, 0.05) is 50.8 Å². The number of benzene rings is 9. The standard InChI is InChI=1S/C67H50N4O/c1-43-25-31-52(41-68-43)70(49-33-27-47(28-34-49)45-15-5-3-6-16-45)51-37-38-56-60(39-51)67(58-22-12-9-19-54(58)55-20-10-13-23-59(55)67)61-40-62(65-57-21-11-14-24-63(57)72-66(65)64(56)61)71(53-32-26-44(2)69-42-53)50-35-29-48(30-36-50)46-17-7-4-8-18-46/h3-40,68-69H,41-42H2,1-2H3. The van der Waals surface area contributed by atoms with Crippen LogP contribution in [0.2, 0.25) is 0 Å². The zero-order valence-electron chi connectivity index (χ0n) is 40.2. The topological polar surface area (TPSA) is 43.7 Å². The molecule has 2 N–H and O–H groups in total. The average Bonchev–Trinajstić information content (AvgIpc) is 4.08. The first kappa shape index (κ1) is 41.9. The molecule has 5 heteroatoms. The van der Waals surface area contributed by atoms with E-state index >= 15 is 0 Å². The molecule has 0 saturated carbocycles. The van der Waals surface area contributed by atoms with Gasteiger partial charge in [-0.25, -0.2) is 0 Å². The van der Waals surface area contributed by atoms with E-state index in [4.69, 9.17) is 4.42 Å². The molecule has 5 nitrogen and oxygen atoms in total. The van der Waals surface area contributed by atoms with Gasteiger partial charge in [-0.15, -0.1) is 0 Å². The smallest absolute Gasteiger partial charge is 0.145 e. The fraction of sp³-hybridized carbons (Fsp3) is 0.0746. The molecular formula is C67H50N4O. The van der Waals surface area contributed by atoms with Crippen molar-refractivity contribution in [2.45, 2.75) is 19.3 Å². The number of para-hydroxylation sites is 1. The van der Waals surface area contributed by atoms with Gasteiger partial charge in [-0.3, -0.25) is 0 Å². The average molecular weight is 927 g/mol. The van der Waals surface area contributed by atoms with E-state index in [-0.39, 0.29) is 0 Å². The molecule has 14 rings (SSSR count). The SMILES string of the molecule is CC1=CC=C(N(c2ccc(-c3ccccc3)cc2)c2ccc3c(c2)C2(c4ccccc4-c4ccccc42)c2cc(N(C4=CC=C(C)NC4)c4ccc(-c5ccccc5)cc4)c4c(oc5ccccc54)c2-3)CN1. The Bertz CT molecular complexity index is 3890. The van der Waals surface area contributed by atoms with Crippen molar-refractivity contribution in [2.24, 2.45) is 0 Å². The molecule has 4 aliphatic rings. The number of hydrogen-bond donors (Lipinski definition) is 2. The van der Waals surface area contributed by atoms with E-state index < -0.39 is 5.41 Å². The number of rotatable bonds is 8. The van der Waals surface area contributed by atoms with Crippen LogP contribution in [0.3, 0.4) is 0 Å². The summed E-state index contributed by atoms with van der Waals surface area (Å²) in [6.45, 7) is 5.62. The molecule has 2 aliphatic carbocycles. The molecule has 9 aromatic carbocycles. The largest absolute Gasteiger partial charge is 0.455 e. The number of furan rings is 1. The maximum Gasteiger partial charge on any atom is 0.145 e. The van der Waals surface area contributed by atoms with E-state index in [9.17, 15) is 0 Å². The number of nitrogens with zero attached hydrogens (tertiary/aromatic N) is 2. The Morgan fingerprint density at radius 3 is 1.50 bits per heavy atom. The van der Waals surface area contributed by atoms with Gasteiger partial charge in [-0.05, 0) is 148 Å². The minimum atomic E-state index is -0.688. The predicted octanol–water partition coefficient (Wildman–Crippen LogP) is 16.3. The van der Waals surface area contributed by atoms with Crippen LogP contribution >= 0.6 is 0 Å². The lowest BCUT2D eigenvalue weighted by molar-refractivity contribution is 0.669. The third-order valence-corrected chi connectivity index (χ3v) is 15.3. The Labute approximate surface area is 420 Å². The Hall–Kier alpha value is -9.06. The van der Waals surface area contributed by atoms with Gasteiger partial charge in [-0.1, -0.05) is 158 Å². The molecule has 2 aliphatic heterocycles. The molecule has 0 bridgehead atoms. The maximum atomic E-state index is 7.33. The summed E-state index contributed by atoms with van der Waals surface area (Å²) in [5.41, 5.74) is 24.6. The molecule has 72 heavy (non-hydrogen) atoms. The second-order valence-electron chi connectivity index (χ2n) is 19.4. The molecule has 3 heterocycles. The minimum Gasteiger partial charge on any atom is -0.455 e. The van der Waals surface area contributed by atoms with Crippen LogP contribution in [0.15, 0.2) is 258 Å². The second kappa shape index (κ2) is 16.5. The van der Waals surface area contributed by atoms with E-state index in [0.717, 1.165) is 67.3 Å². The van der Waals surface area contributed by atoms with Gasteiger partial charge < -0.3 is 24.9 Å². The molecule has 10 aromatic rings. The van der Waals surface area contributed by atoms with Crippen LogP contribution < -0.4 is 20.4 Å². The van der Waals surface area contributed by atoms with Crippen molar-refractivity contribution < 1.29 is 4.42 Å². The molecule has 0 saturated heterocycles. The molecule has 0 atom stereocenters. The lowest BCUT2D eigenvalue weighted by Gasteiger charge is -2.35. The van der Waals surface area contributed by atoms with E-state index in [2.05, 4.69) is 265 Å². The second-order valence-corrected chi connectivity index (χ2v) is 19.4. The number of hydrogen-bond acceptors (Lipinski definition) is 5. The van der Waals surface area contributed by atoms with E-state index in [1.807, 2.05) is 0 Å². The molecule has 0 fully saturated rings. The molecule has 1 spiro atoms. The van der Waals surface area contributed by atoms with E-state index in [1.54, 1.807) is 0 Å². The van der Waals surface area contributed by atoms with Crippen molar-refractivity contribution >= 4 is 44.7 Å². The number of anilines is 4. The van der Waals surface area contributed by atoms with Crippen LogP contribution in [-0.4, -0.2) is 13.1 Å². The molecular weight excluding hydrogens is 877 g/mol. The summed E-state index contributed by atoms with van der Waals surface area (Å²) in [7, 11) is 0. The van der Waals surface area contributed by atoms with Gasteiger partial charge in [0.05, 0.1) is 29.6 Å². The Kier molecular flexibility index (Phi) is 9.62. The number of fused-ring (bicyclic) bond motifs is 14. The van der Waals surface area contributed by atoms with Crippen LogP contribution in [0.25, 0.3) is 66.4 Å². The third-order valence-electron chi connectivity index (χ3n) is 15.3. The lowest BCUT2D eigenvalue weighted by atomic mass is 9.70. The van der Waals surface area contributed by atoms with Crippen LogP contribution in [0.1, 0.15) is 36.1 Å². The van der Waals surface area contributed by atoms with Crippen LogP contribution in [-0.2, 0) is 5.41 Å². The molecule has 344 valence electrons. The first-order valence-corrected chi connectivity index (χ1v) is 25.0. The summed E-state index contributed by atoms with van der Waals surface area (Å²) in [6, 6.07) is 75.8. The summed E-state index contributed by atoms with van der Waals surface area (Å²) in [5, 5.41) is 9.53. The highest BCUT2D eigenvalue weighted by molar-refractivity contribution is 6.19. The summed E-state index contributed by atoms with van der Waals surface area (Å²) in [4.78, 5) is 4.92. The Balaban J connectivity index is 1.05. The van der Waals surface area contributed by atoms with Gasteiger partial charge in [0.2, 0.25) is 0 Å². The van der Waals surface area contributed by atoms with Crippen LogP contribution in [0.5, 0.6) is 0 Å². The van der Waals surface area contributed by atoms with Crippen molar-refractivity contribution in [3.8, 4) is 44.5 Å². The quantitative estimate of drug-likeness (QED) is 0.159. The third kappa shape index (κ3) is 6.40. The van der Waals surface area contributed by atoms with Gasteiger partial charge >= 0.3 is 0 Å². The maximum absolute atomic E-state index is 7.33. The first-order valence-electron chi connectivity index (χ1n) is 25.0. The predicted molar refractivity (Wildman–Crippen MR) is 298 cm³/mol. The number of allylic oxidation sites excluding steroid dienone is 6. The minimum absolute atomic E-state index is 0.666. The van der Waals surface area contributed by atoms with Crippen molar-refractivity contribution in [1.82, 2.24) is 10.6 Å². The fourth-order valence-electron chi connectivity index (χ4n) is 12.0. The molecule has 0 amide bonds. The van der Waals surface area contributed by atoms with Crippen molar-refractivity contribution in [1.29, 1.82) is 0 Å². The van der Waals surface area contributed by atoms with Crippen molar-refractivity contribution in [2.75, 3.05) is 22.9 Å². The monoisotopic (exact) mass is 926 g/mol. The van der Waals surface area contributed by atoms with Gasteiger partial charge in [0.15, 0.2) is 0 Å². The fourth-order valence-corrected chi connectivity index (χ4v) is 12.0. The van der Waals surface area contributed by atoms with E-state index in [0.29, 0.717) is 13.1 Å². The highest BCUT2D eigenvalue weighted by Crippen LogP contribution is 2.66. The molecule has 1 aromatic heterocycles. The number of dihydropyridines is 2. The zero-order chi connectivity index (χ0) is 47.9. The van der Waals surface area contributed by atoms with Crippen molar-refractivity contribution in [3.05, 3.63) is 276 Å². The highest BCUT2D eigenvalue weighted by atomic mass is 16.3. The first-order chi connectivity index (χ1) is 35.5. The highest BCUT2D eigenvalue weighted by Gasteiger charge is 2.53. The summed E-state index contributed by atoms with van der Waals surface area (Å²) < 4.78 is 7.33. The van der Waals surface area contributed by atoms with Gasteiger partial charge in [0.25, 0.3) is 0 Å². The van der Waals surface area contributed by atoms with Crippen molar-refractivity contribution in [3.63, 3.8) is 0 Å². The zero-order valence-corrected chi connectivity index (χ0v) is 40.2. The number of nitrogens with one attached hydrogen (secondary N) is 2. The molecule has 0 radical (unpaired) electrons. The van der Waals surface area contributed by atoms with Crippen LogP contribution in [0, 0.1) is 0 Å². The normalized spacial score (nSPS) is 14.8. The summed E-state index contributed by atoms with van der Waals surface area (Å²) >= 11 is 0. The molecule has 0 unspecified atom stereocenters. The lowest BCUT2D eigenvalue weighted by Crippen LogP contribution is -2.30. The summed E-state index contributed by atoms with van der Waals surface area (Å²) in [6.07, 6.45) is 8.93. The van der Waals surface area contributed by atoms with Gasteiger partial charge in [-0.2, -0.15) is 0 Å². The van der Waals surface area contributed by atoms with E-state index in [1.165, 1.54) is 66.9 Å². The van der Waals surface area contributed by atoms with Crippen LogP contribution in [0.4, 0.5) is 22.7 Å². The van der Waals surface area contributed by atoms with Gasteiger partial charge in [0.1, 0.15) is 11.2 Å². The Morgan fingerprint density at radius 1 is 0.417 bits per heavy atom. The summed E-state index contributed by atoms with van der Waals surface area (Å²) in [5.74, 6) is 0.